The number of rotatable bonds is 3. The molecule has 0 heterocycles. The predicted molar refractivity (Wildman–Crippen MR) is 56.9 cm³/mol. The second-order valence-corrected chi connectivity index (χ2v) is 3.40. The Labute approximate surface area is 97.4 Å². The van der Waals surface area contributed by atoms with E-state index in [1.165, 1.54) is 12.1 Å². The molecule has 1 aromatic rings. The molecule has 0 bridgehead atoms. The molecule has 82 valence electrons. The molecule has 1 atom stereocenters. The van der Waals surface area contributed by atoms with E-state index in [9.17, 15) is 9.59 Å². The van der Waals surface area contributed by atoms with Gasteiger partial charge in [-0.15, -0.1) is 0 Å². The van der Waals surface area contributed by atoms with Gasteiger partial charge in [-0.3, -0.25) is 9.59 Å². The van der Waals surface area contributed by atoms with E-state index >= 15 is 0 Å². The molecule has 0 saturated carbocycles. The van der Waals surface area contributed by atoms with Gasteiger partial charge in [0.2, 0.25) is 5.92 Å². The number of methoxy groups -OCH3 is 1. The lowest BCUT2D eigenvalue weighted by Crippen LogP contribution is -2.23. The van der Waals surface area contributed by atoms with Gasteiger partial charge in [0.1, 0.15) is 0 Å². The second-order valence-electron chi connectivity index (χ2n) is 2.96. The van der Waals surface area contributed by atoms with E-state index in [2.05, 4.69) is 4.74 Å². The fraction of sp³-hybridized carbons (Fsp3) is 0.182. The highest BCUT2D eigenvalue weighted by Gasteiger charge is 2.28. The van der Waals surface area contributed by atoms with Crippen molar-refractivity contribution in [3.05, 3.63) is 34.9 Å². The Morgan fingerprint density at radius 2 is 2.19 bits per heavy atom. The van der Waals surface area contributed by atoms with Crippen molar-refractivity contribution in [2.24, 2.45) is 5.92 Å². The summed E-state index contributed by atoms with van der Waals surface area (Å²) in [6.45, 7) is 0. The van der Waals surface area contributed by atoms with Crippen LogP contribution in [0.25, 0.3) is 0 Å². The lowest BCUT2D eigenvalue weighted by Gasteiger charge is -2.05. The minimum atomic E-state index is -1.44. The predicted octanol–water partition coefficient (Wildman–Crippen LogP) is 1.84. The van der Waals surface area contributed by atoms with Crippen molar-refractivity contribution in [1.29, 1.82) is 5.26 Å². The van der Waals surface area contributed by atoms with Crippen LogP contribution in [-0.2, 0) is 9.53 Å². The van der Waals surface area contributed by atoms with Gasteiger partial charge in [0, 0.05) is 10.6 Å². The maximum atomic E-state index is 11.7. The SMILES string of the molecule is COC(=O)[C@H](C#N)C(=O)c1cccc(Cl)c1. The Balaban J connectivity index is 3.02. The van der Waals surface area contributed by atoms with Crippen LogP contribution in [0.2, 0.25) is 5.02 Å². The highest BCUT2D eigenvalue weighted by molar-refractivity contribution is 6.31. The summed E-state index contributed by atoms with van der Waals surface area (Å²) in [6.07, 6.45) is 0. The summed E-state index contributed by atoms with van der Waals surface area (Å²) in [5, 5.41) is 9.09. The molecule has 0 spiro atoms. The largest absolute Gasteiger partial charge is 0.468 e. The van der Waals surface area contributed by atoms with Crippen molar-refractivity contribution in [3.8, 4) is 6.07 Å². The molecule has 0 aliphatic rings. The van der Waals surface area contributed by atoms with Gasteiger partial charge >= 0.3 is 5.97 Å². The lowest BCUT2D eigenvalue weighted by molar-refractivity contribution is -0.141. The molecule has 0 aromatic heterocycles. The Morgan fingerprint density at radius 1 is 1.50 bits per heavy atom. The van der Waals surface area contributed by atoms with E-state index in [1.54, 1.807) is 18.2 Å². The van der Waals surface area contributed by atoms with Crippen LogP contribution >= 0.6 is 11.6 Å². The van der Waals surface area contributed by atoms with Gasteiger partial charge < -0.3 is 4.74 Å². The number of hydrogen-bond donors (Lipinski definition) is 0. The minimum Gasteiger partial charge on any atom is -0.468 e. The van der Waals surface area contributed by atoms with E-state index in [1.807, 2.05) is 0 Å². The number of ketones is 1. The molecule has 5 heteroatoms. The van der Waals surface area contributed by atoms with Gasteiger partial charge in [-0.2, -0.15) is 5.26 Å². The zero-order chi connectivity index (χ0) is 12.1. The molecule has 4 nitrogen and oxygen atoms in total. The number of halogens is 1. The van der Waals surface area contributed by atoms with Crippen molar-refractivity contribution in [1.82, 2.24) is 0 Å². The van der Waals surface area contributed by atoms with Gasteiger partial charge in [-0.25, -0.2) is 0 Å². The first kappa shape index (κ1) is 12.2. The molecule has 0 fully saturated rings. The Hall–Kier alpha value is -1.86. The van der Waals surface area contributed by atoms with Crippen molar-refractivity contribution >= 4 is 23.4 Å². The average molecular weight is 238 g/mol. The highest BCUT2D eigenvalue weighted by Crippen LogP contribution is 2.15. The van der Waals surface area contributed by atoms with Crippen LogP contribution in [-0.4, -0.2) is 18.9 Å². The smallest absolute Gasteiger partial charge is 0.331 e. The van der Waals surface area contributed by atoms with Crippen LogP contribution in [0.5, 0.6) is 0 Å². The summed E-state index contributed by atoms with van der Waals surface area (Å²) in [6, 6.07) is 7.66. The zero-order valence-corrected chi connectivity index (χ0v) is 9.19. The molecule has 16 heavy (non-hydrogen) atoms. The van der Waals surface area contributed by atoms with Crippen LogP contribution in [0.1, 0.15) is 10.4 Å². The number of esters is 1. The number of Topliss-reactive ketones (excluding diaryl/α,β-unsaturated/α-hetero) is 1. The maximum Gasteiger partial charge on any atom is 0.331 e. The number of carbonyl (C=O) groups excluding carboxylic acids is 2. The van der Waals surface area contributed by atoms with E-state index in [0.29, 0.717) is 5.02 Å². The average Bonchev–Trinajstić information content (AvgIpc) is 2.29. The van der Waals surface area contributed by atoms with E-state index in [-0.39, 0.29) is 5.56 Å². The van der Waals surface area contributed by atoms with Crippen LogP contribution in [0, 0.1) is 17.2 Å². The third-order valence-corrected chi connectivity index (χ3v) is 2.17. The number of carbonyl (C=O) groups is 2. The van der Waals surface area contributed by atoms with Crippen molar-refractivity contribution < 1.29 is 14.3 Å². The monoisotopic (exact) mass is 237 g/mol. The molecule has 0 saturated heterocycles. The number of nitrogens with zero attached hydrogens (tertiary/aromatic N) is 1. The molecular formula is C11H8ClNO3. The summed E-state index contributed by atoms with van der Waals surface area (Å²) >= 11 is 5.70. The second kappa shape index (κ2) is 5.29. The van der Waals surface area contributed by atoms with E-state index in [4.69, 9.17) is 16.9 Å². The zero-order valence-electron chi connectivity index (χ0n) is 8.44. The molecule has 0 aliphatic heterocycles. The quantitative estimate of drug-likeness (QED) is 0.457. The Morgan fingerprint density at radius 3 is 2.69 bits per heavy atom. The van der Waals surface area contributed by atoms with Gasteiger partial charge in [0.25, 0.3) is 0 Å². The number of ether oxygens (including phenoxy) is 1. The fourth-order valence-electron chi connectivity index (χ4n) is 1.14. The van der Waals surface area contributed by atoms with Gasteiger partial charge in [-0.1, -0.05) is 23.7 Å². The van der Waals surface area contributed by atoms with Gasteiger partial charge in [0.15, 0.2) is 5.78 Å². The molecule has 0 aliphatic carbocycles. The first-order valence-electron chi connectivity index (χ1n) is 4.37. The third kappa shape index (κ3) is 2.59. The summed E-state index contributed by atoms with van der Waals surface area (Å²) in [7, 11) is 1.12. The topological polar surface area (TPSA) is 67.2 Å². The van der Waals surface area contributed by atoms with E-state index < -0.39 is 17.7 Å². The number of nitriles is 1. The molecule has 0 N–H and O–H groups in total. The van der Waals surface area contributed by atoms with E-state index in [0.717, 1.165) is 7.11 Å². The van der Waals surface area contributed by atoms with Crippen LogP contribution in [0.4, 0.5) is 0 Å². The summed E-state index contributed by atoms with van der Waals surface area (Å²) in [5.41, 5.74) is 0.212. The fourth-order valence-corrected chi connectivity index (χ4v) is 1.33. The summed E-state index contributed by atoms with van der Waals surface area (Å²) in [5.74, 6) is -2.92. The molecular weight excluding hydrogens is 230 g/mol. The van der Waals surface area contributed by atoms with Crippen LogP contribution in [0.3, 0.4) is 0 Å². The van der Waals surface area contributed by atoms with Crippen LogP contribution in [0.15, 0.2) is 24.3 Å². The minimum absolute atomic E-state index is 0.212. The standard InChI is InChI=1S/C11H8ClNO3/c1-16-11(15)9(6-13)10(14)7-3-2-4-8(12)5-7/h2-5,9H,1H3/t9-/m1/s1. The van der Waals surface area contributed by atoms with Gasteiger partial charge in [-0.05, 0) is 12.1 Å². The van der Waals surface area contributed by atoms with Crippen molar-refractivity contribution in [3.63, 3.8) is 0 Å². The Kier molecular flexibility index (Phi) is 4.03. The normalized spacial score (nSPS) is 11.3. The first-order valence-corrected chi connectivity index (χ1v) is 4.75. The Bertz CT molecular complexity index is 465. The molecule has 1 rings (SSSR count). The third-order valence-electron chi connectivity index (χ3n) is 1.94. The molecule has 1 aromatic carbocycles. The molecule has 0 unspecified atom stereocenters. The molecule has 0 radical (unpaired) electrons. The lowest BCUT2D eigenvalue weighted by atomic mass is 9.99. The summed E-state index contributed by atoms with van der Waals surface area (Å²) in [4.78, 5) is 22.9. The summed E-state index contributed by atoms with van der Waals surface area (Å²) < 4.78 is 4.36. The van der Waals surface area contributed by atoms with Gasteiger partial charge in [0.05, 0.1) is 13.2 Å². The number of hydrogen-bond acceptors (Lipinski definition) is 4. The van der Waals surface area contributed by atoms with Crippen molar-refractivity contribution in [2.45, 2.75) is 0 Å². The van der Waals surface area contributed by atoms with Crippen molar-refractivity contribution in [2.75, 3.05) is 7.11 Å². The first-order chi connectivity index (χ1) is 7.60. The number of benzene rings is 1. The maximum absolute atomic E-state index is 11.7. The molecule has 0 amide bonds. The van der Waals surface area contributed by atoms with Crippen LogP contribution < -0.4 is 0 Å². The highest BCUT2D eigenvalue weighted by atomic mass is 35.5.